The smallest absolute Gasteiger partial charge is 0.240 e. The van der Waals surface area contributed by atoms with Crippen molar-refractivity contribution in [2.75, 3.05) is 20.3 Å². The first-order valence-corrected chi connectivity index (χ1v) is 8.43. The van der Waals surface area contributed by atoms with Crippen molar-refractivity contribution >= 4 is 10.0 Å². The van der Waals surface area contributed by atoms with Crippen LogP contribution < -0.4 is 10.0 Å². The molecule has 0 spiro atoms. The molecule has 1 aromatic carbocycles. The summed E-state index contributed by atoms with van der Waals surface area (Å²) in [5.74, 6) is -0.418. The Hall–Kier alpha value is -1.02. The molecule has 1 aromatic rings. The van der Waals surface area contributed by atoms with Crippen molar-refractivity contribution in [1.29, 1.82) is 0 Å². The van der Waals surface area contributed by atoms with Crippen LogP contribution in [0.2, 0.25) is 0 Å². The Morgan fingerprint density at radius 3 is 2.62 bits per heavy atom. The standard InChI is InChI=1S/C14H23FN2O3S/c1-4-12(10-20-3)17-21(18,19)13-6-7-14(15)11(8-13)9-16-5-2/h6-8,12,16-17H,4-5,9-10H2,1-3H3. The van der Waals surface area contributed by atoms with Crippen molar-refractivity contribution in [3.8, 4) is 0 Å². The summed E-state index contributed by atoms with van der Waals surface area (Å²) in [6.07, 6.45) is 0.610. The van der Waals surface area contributed by atoms with Crippen molar-refractivity contribution in [2.45, 2.75) is 37.8 Å². The molecule has 2 N–H and O–H groups in total. The molecule has 21 heavy (non-hydrogen) atoms. The van der Waals surface area contributed by atoms with Crippen LogP contribution in [0.5, 0.6) is 0 Å². The fourth-order valence-corrected chi connectivity index (χ4v) is 3.19. The summed E-state index contributed by atoms with van der Waals surface area (Å²) in [7, 11) is -2.17. The third-order valence-electron chi connectivity index (χ3n) is 3.08. The zero-order valence-electron chi connectivity index (χ0n) is 12.6. The molecular formula is C14H23FN2O3S. The second-order valence-electron chi connectivity index (χ2n) is 4.72. The van der Waals surface area contributed by atoms with E-state index in [1.807, 2.05) is 13.8 Å². The van der Waals surface area contributed by atoms with Gasteiger partial charge in [-0.1, -0.05) is 13.8 Å². The van der Waals surface area contributed by atoms with E-state index in [9.17, 15) is 12.8 Å². The quantitative estimate of drug-likeness (QED) is 0.726. The highest BCUT2D eigenvalue weighted by atomic mass is 32.2. The number of hydrogen-bond acceptors (Lipinski definition) is 4. The second kappa shape index (κ2) is 8.43. The fourth-order valence-electron chi connectivity index (χ4n) is 1.84. The van der Waals surface area contributed by atoms with Gasteiger partial charge in [-0.05, 0) is 31.2 Å². The number of rotatable bonds is 9. The van der Waals surface area contributed by atoms with Crippen molar-refractivity contribution in [3.63, 3.8) is 0 Å². The number of ether oxygens (including phenoxy) is 1. The van der Waals surface area contributed by atoms with Crippen LogP contribution in [0.15, 0.2) is 23.1 Å². The van der Waals surface area contributed by atoms with Crippen LogP contribution in [0.25, 0.3) is 0 Å². The number of halogens is 1. The molecule has 0 radical (unpaired) electrons. The first-order valence-electron chi connectivity index (χ1n) is 6.95. The molecule has 0 bridgehead atoms. The van der Waals surface area contributed by atoms with E-state index in [0.29, 0.717) is 31.7 Å². The van der Waals surface area contributed by atoms with E-state index < -0.39 is 15.8 Å². The first kappa shape index (κ1) is 18.0. The SMILES string of the molecule is CCNCc1cc(S(=O)(=O)NC(CC)COC)ccc1F. The molecule has 0 aliphatic rings. The van der Waals surface area contributed by atoms with Crippen molar-refractivity contribution in [3.05, 3.63) is 29.6 Å². The number of benzene rings is 1. The summed E-state index contributed by atoms with van der Waals surface area (Å²) in [5.41, 5.74) is 0.333. The molecule has 0 saturated carbocycles. The Morgan fingerprint density at radius 1 is 1.33 bits per heavy atom. The summed E-state index contributed by atoms with van der Waals surface area (Å²) >= 11 is 0. The number of nitrogens with one attached hydrogen (secondary N) is 2. The molecule has 0 aliphatic heterocycles. The van der Waals surface area contributed by atoms with E-state index in [4.69, 9.17) is 4.74 Å². The zero-order valence-corrected chi connectivity index (χ0v) is 13.5. The molecule has 0 aromatic heterocycles. The molecular weight excluding hydrogens is 295 g/mol. The lowest BCUT2D eigenvalue weighted by atomic mass is 10.2. The molecule has 1 rings (SSSR count). The molecule has 0 saturated heterocycles. The molecule has 0 aliphatic carbocycles. The van der Waals surface area contributed by atoms with Crippen LogP contribution in [0.1, 0.15) is 25.8 Å². The van der Waals surface area contributed by atoms with Gasteiger partial charge in [0.1, 0.15) is 5.82 Å². The van der Waals surface area contributed by atoms with E-state index in [1.54, 1.807) is 0 Å². The Bertz CT molecular complexity index is 549. The monoisotopic (exact) mass is 318 g/mol. The van der Waals surface area contributed by atoms with Crippen molar-refractivity contribution < 1.29 is 17.5 Å². The van der Waals surface area contributed by atoms with E-state index in [1.165, 1.54) is 25.3 Å². The number of sulfonamides is 1. The van der Waals surface area contributed by atoms with E-state index in [-0.39, 0.29) is 10.9 Å². The van der Waals surface area contributed by atoms with E-state index >= 15 is 0 Å². The van der Waals surface area contributed by atoms with Gasteiger partial charge in [0.15, 0.2) is 0 Å². The van der Waals surface area contributed by atoms with Gasteiger partial charge in [0.05, 0.1) is 11.5 Å². The van der Waals surface area contributed by atoms with Gasteiger partial charge in [0, 0.05) is 25.3 Å². The molecule has 0 fully saturated rings. The Balaban J connectivity index is 2.97. The van der Waals surface area contributed by atoms with Gasteiger partial charge in [-0.15, -0.1) is 0 Å². The summed E-state index contributed by atoms with van der Waals surface area (Å²) in [4.78, 5) is 0.0614. The van der Waals surface area contributed by atoms with Crippen LogP contribution in [0, 0.1) is 5.82 Å². The van der Waals surface area contributed by atoms with Crippen LogP contribution in [-0.2, 0) is 21.3 Å². The highest BCUT2D eigenvalue weighted by Gasteiger charge is 2.20. The number of hydrogen-bond donors (Lipinski definition) is 2. The molecule has 1 unspecified atom stereocenters. The molecule has 120 valence electrons. The Labute approximate surface area is 125 Å². The van der Waals surface area contributed by atoms with Crippen LogP contribution in [0.3, 0.4) is 0 Å². The first-order chi connectivity index (χ1) is 9.94. The van der Waals surface area contributed by atoms with Crippen molar-refractivity contribution in [2.24, 2.45) is 0 Å². The maximum atomic E-state index is 13.7. The average molecular weight is 318 g/mol. The van der Waals surface area contributed by atoms with Gasteiger partial charge >= 0.3 is 0 Å². The minimum absolute atomic E-state index is 0.0614. The van der Waals surface area contributed by atoms with E-state index in [2.05, 4.69) is 10.0 Å². The normalized spacial score (nSPS) is 13.3. The van der Waals surface area contributed by atoms with Gasteiger partial charge < -0.3 is 10.1 Å². The average Bonchev–Trinajstić information content (AvgIpc) is 2.45. The fraction of sp³-hybridized carbons (Fsp3) is 0.571. The highest BCUT2D eigenvalue weighted by Crippen LogP contribution is 2.16. The molecule has 0 amide bonds. The van der Waals surface area contributed by atoms with Crippen molar-refractivity contribution in [1.82, 2.24) is 10.0 Å². The van der Waals surface area contributed by atoms with Gasteiger partial charge in [0.2, 0.25) is 10.0 Å². The van der Waals surface area contributed by atoms with Gasteiger partial charge in [-0.25, -0.2) is 17.5 Å². The maximum absolute atomic E-state index is 13.7. The lowest BCUT2D eigenvalue weighted by Gasteiger charge is -2.16. The summed E-state index contributed by atoms with van der Waals surface area (Å²) in [5, 5.41) is 2.98. The summed E-state index contributed by atoms with van der Waals surface area (Å²) in [6, 6.07) is 3.51. The Kier molecular flexibility index (Phi) is 7.24. The van der Waals surface area contributed by atoms with E-state index in [0.717, 1.165) is 0 Å². The zero-order chi connectivity index (χ0) is 15.9. The van der Waals surface area contributed by atoms with Crippen LogP contribution >= 0.6 is 0 Å². The lowest BCUT2D eigenvalue weighted by molar-refractivity contribution is 0.173. The van der Waals surface area contributed by atoms with Gasteiger partial charge in [-0.2, -0.15) is 0 Å². The minimum atomic E-state index is -3.68. The molecule has 1 atom stereocenters. The van der Waals surface area contributed by atoms with Gasteiger partial charge in [0.25, 0.3) is 0 Å². The predicted octanol–water partition coefficient (Wildman–Crippen LogP) is 1.64. The molecule has 0 heterocycles. The highest BCUT2D eigenvalue weighted by molar-refractivity contribution is 7.89. The number of methoxy groups -OCH3 is 1. The predicted molar refractivity (Wildman–Crippen MR) is 80.1 cm³/mol. The van der Waals surface area contributed by atoms with Crippen LogP contribution in [0.4, 0.5) is 4.39 Å². The topological polar surface area (TPSA) is 67.4 Å². The lowest BCUT2D eigenvalue weighted by Crippen LogP contribution is -2.37. The van der Waals surface area contributed by atoms with Crippen LogP contribution in [-0.4, -0.2) is 34.7 Å². The van der Waals surface area contributed by atoms with Gasteiger partial charge in [-0.3, -0.25) is 0 Å². The summed E-state index contributed by atoms with van der Waals surface area (Å²) in [6.45, 7) is 5.03. The minimum Gasteiger partial charge on any atom is -0.383 e. The summed E-state index contributed by atoms with van der Waals surface area (Å²) < 4.78 is 45.8. The Morgan fingerprint density at radius 2 is 2.05 bits per heavy atom. The molecule has 5 nitrogen and oxygen atoms in total. The largest absolute Gasteiger partial charge is 0.383 e. The maximum Gasteiger partial charge on any atom is 0.240 e. The second-order valence-corrected chi connectivity index (χ2v) is 6.43. The third kappa shape index (κ3) is 5.35. The third-order valence-corrected chi connectivity index (χ3v) is 4.59. The molecule has 7 heteroatoms.